The number of hydrogen-bond acceptors (Lipinski definition) is 2. The molecule has 1 saturated heterocycles. The summed E-state index contributed by atoms with van der Waals surface area (Å²) in [5, 5.41) is 0. The maximum absolute atomic E-state index is 12.2. The van der Waals surface area contributed by atoms with Crippen LogP contribution >= 0.6 is 22.9 Å². The van der Waals surface area contributed by atoms with E-state index in [-0.39, 0.29) is 12.7 Å². The van der Waals surface area contributed by atoms with Gasteiger partial charge in [0, 0.05) is 42.5 Å². The van der Waals surface area contributed by atoms with Crippen LogP contribution in [0, 0.1) is 0 Å². The Bertz CT molecular complexity index is 112. The Morgan fingerprint density at radius 2 is 2.30 bits per heavy atom. The molecule has 10 heavy (non-hydrogen) atoms. The predicted molar refractivity (Wildman–Crippen MR) is 48.0 cm³/mol. The lowest BCUT2D eigenvalue weighted by atomic mass is 10.2. The second-order valence-corrected chi connectivity index (χ2v) is 4.02. The Morgan fingerprint density at radius 1 is 1.60 bits per heavy atom. The summed E-state index contributed by atoms with van der Waals surface area (Å²) in [6.45, 7) is 2.66. The van der Waals surface area contributed by atoms with Crippen LogP contribution in [0.5, 0.6) is 0 Å². The van der Waals surface area contributed by atoms with Gasteiger partial charge in [0.25, 0.3) is 0 Å². The molecule has 0 bridgehead atoms. The number of nitrogens with zero attached hydrogens (tertiary/aromatic N) is 2. The number of alkyl halides is 1. The predicted octanol–water partition coefficient (Wildman–Crippen LogP) is 0.922. The van der Waals surface area contributed by atoms with Crippen LogP contribution in [0.15, 0.2) is 0 Å². The number of likely N-dealkylation sites (N-methyl/N-ethyl adjacent to an activating group) is 1. The lowest BCUT2D eigenvalue weighted by Gasteiger charge is -2.34. The molecule has 0 aromatic rings. The van der Waals surface area contributed by atoms with Crippen LogP contribution in [0.25, 0.3) is 0 Å². The lowest BCUT2D eigenvalue weighted by Crippen LogP contribution is -2.48. The summed E-state index contributed by atoms with van der Waals surface area (Å²) in [5.74, 6) is 0. The fourth-order valence-electron chi connectivity index (χ4n) is 1.07. The molecule has 60 valence electrons. The molecule has 0 amide bonds. The van der Waals surface area contributed by atoms with E-state index < -0.39 is 0 Å². The van der Waals surface area contributed by atoms with Crippen LogP contribution in [0.4, 0.5) is 4.39 Å². The van der Waals surface area contributed by atoms with Crippen molar-refractivity contribution in [3.63, 3.8) is 0 Å². The van der Waals surface area contributed by atoms with Crippen molar-refractivity contribution in [2.45, 2.75) is 6.04 Å². The molecule has 1 aliphatic heterocycles. The molecule has 2 nitrogen and oxygen atoms in total. The summed E-state index contributed by atoms with van der Waals surface area (Å²) >= 11 is 2.25. The van der Waals surface area contributed by atoms with Crippen molar-refractivity contribution in [1.82, 2.24) is 8.01 Å². The van der Waals surface area contributed by atoms with Crippen molar-refractivity contribution in [2.24, 2.45) is 0 Å². The zero-order valence-corrected chi connectivity index (χ0v) is 8.21. The molecule has 1 unspecified atom stereocenters. The summed E-state index contributed by atoms with van der Waals surface area (Å²) in [4.78, 5) is 2.08. The molecule has 0 aromatic heterocycles. The zero-order valence-electron chi connectivity index (χ0n) is 6.06. The number of hydrogen-bond donors (Lipinski definition) is 0. The van der Waals surface area contributed by atoms with Gasteiger partial charge in [0.2, 0.25) is 0 Å². The quantitative estimate of drug-likeness (QED) is 0.510. The standard InChI is InChI=1S/C6H12FIN2/c1-9-2-3-10(8)5-6(9)4-7/h6H,2-5H2,1H3. The highest BCUT2D eigenvalue weighted by Crippen LogP contribution is 2.11. The van der Waals surface area contributed by atoms with E-state index in [0.717, 1.165) is 19.6 Å². The van der Waals surface area contributed by atoms with Crippen molar-refractivity contribution in [1.29, 1.82) is 0 Å². The van der Waals surface area contributed by atoms with E-state index in [1.165, 1.54) is 0 Å². The van der Waals surface area contributed by atoms with Crippen molar-refractivity contribution in [2.75, 3.05) is 33.4 Å². The second-order valence-electron chi connectivity index (χ2n) is 2.66. The molecular formula is C6H12FIN2. The molecule has 1 rings (SSSR count). The molecule has 1 atom stereocenters. The van der Waals surface area contributed by atoms with Crippen LogP contribution in [-0.4, -0.2) is 47.4 Å². The van der Waals surface area contributed by atoms with Gasteiger partial charge in [-0.1, -0.05) is 0 Å². The van der Waals surface area contributed by atoms with Gasteiger partial charge in [0.15, 0.2) is 0 Å². The first-order valence-electron chi connectivity index (χ1n) is 3.41. The van der Waals surface area contributed by atoms with E-state index in [9.17, 15) is 4.39 Å². The zero-order chi connectivity index (χ0) is 7.56. The topological polar surface area (TPSA) is 6.48 Å². The van der Waals surface area contributed by atoms with Gasteiger partial charge < -0.3 is 0 Å². The van der Waals surface area contributed by atoms with Gasteiger partial charge in [0.05, 0.1) is 6.04 Å². The van der Waals surface area contributed by atoms with Gasteiger partial charge in [-0.3, -0.25) is 4.90 Å². The third-order valence-corrected chi connectivity index (χ3v) is 2.78. The highest BCUT2D eigenvalue weighted by molar-refractivity contribution is 14.1. The Hall–Kier alpha value is 0.580. The average molecular weight is 258 g/mol. The summed E-state index contributed by atoms with van der Waals surface area (Å²) in [7, 11) is 1.98. The first kappa shape index (κ1) is 8.67. The average Bonchev–Trinajstić information content (AvgIpc) is 1.94. The molecular weight excluding hydrogens is 246 g/mol. The minimum absolute atomic E-state index is 0.116. The van der Waals surface area contributed by atoms with Crippen molar-refractivity contribution < 1.29 is 4.39 Å². The van der Waals surface area contributed by atoms with E-state index in [1.807, 2.05) is 7.05 Å². The lowest BCUT2D eigenvalue weighted by molar-refractivity contribution is 0.138. The fraction of sp³-hybridized carbons (Fsp3) is 1.00. The van der Waals surface area contributed by atoms with Gasteiger partial charge >= 0.3 is 0 Å². The van der Waals surface area contributed by atoms with E-state index >= 15 is 0 Å². The van der Waals surface area contributed by atoms with Crippen LogP contribution in [0.3, 0.4) is 0 Å². The number of halogens is 2. The van der Waals surface area contributed by atoms with Crippen molar-refractivity contribution in [3.8, 4) is 0 Å². The molecule has 1 aliphatic rings. The van der Waals surface area contributed by atoms with E-state index in [2.05, 4.69) is 30.9 Å². The molecule has 0 saturated carbocycles. The molecule has 0 aromatic carbocycles. The van der Waals surface area contributed by atoms with Crippen molar-refractivity contribution in [3.05, 3.63) is 0 Å². The Labute approximate surface area is 74.9 Å². The van der Waals surface area contributed by atoms with Crippen LogP contribution in [0.1, 0.15) is 0 Å². The van der Waals surface area contributed by atoms with Crippen molar-refractivity contribution >= 4 is 22.9 Å². The van der Waals surface area contributed by atoms with Gasteiger partial charge in [0.1, 0.15) is 6.67 Å². The number of rotatable bonds is 1. The van der Waals surface area contributed by atoms with E-state index in [0.29, 0.717) is 0 Å². The van der Waals surface area contributed by atoms with Crippen LogP contribution in [-0.2, 0) is 0 Å². The third-order valence-electron chi connectivity index (χ3n) is 1.91. The molecule has 0 radical (unpaired) electrons. The molecule has 0 aliphatic carbocycles. The SMILES string of the molecule is CN1CCN(I)CC1CF. The van der Waals surface area contributed by atoms with Gasteiger partial charge in [-0.2, -0.15) is 0 Å². The first-order valence-corrected chi connectivity index (χ1v) is 4.37. The molecule has 1 heterocycles. The third kappa shape index (κ3) is 2.03. The Balaban J connectivity index is 2.38. The maximum atomic E-state index is 12.2. The van der Waals surface area contributed by atoms with Gasteiger partial charge in [-0.15, -0.1) is 0 Å². The largest absolute Gasteiger partial charge is 0.298 e. The minimum Gasteiger partial charge on any atom is -0.298 e. The highest BCUT2D eigenvalue weighted by atomic mass is 127. The Kier molecular flexibility index (Phi) is 3.32. The van der Waals surface area contributed by atoms with Crippen LogP contribution in [0.2, 0.25) is 0 Å². The second kappa shape index (κ2) is 3.82. The van der Waals surface area contributed by atoms with Gasteiger partial charge in [-0.25, -0.2) is 7.50 Å². The molecule has 0 spiro atoms. The maximum Gasteiger partial charge on any atom is 0.106 e. The summed E-state index contributed by atoms with van der Waals surface area (Å²) in [6.07, 6.45) is 0. The first-order chi connectivity index (χ1) is 4.74. The number of piperazine rings is 1. The summed E-state index contributed by atoms with van der Waals surface area (Å²) < 4.78 is 14.4. The van der Waals surface area contributed by atoms with Gasteiger partial charge in [-0.05, 0) is 7.05 Å². The molecule has 1 fully saturated rings. The molecule has 4 heteroatoms. The summed E-state index contributed by atoms with van der Waals surface area (Å²) in [5.41, 5.74) is 0. The minimum atomic E-state index is -0.226. The van der Waals surface area contributed by atoms with E-state index in [1.54, 1.807) is 0 Å². The highest BCUT2D eigenvalue weighted by Gasteiger charge is 2.22. The smallest absolute Gasteiger partial charge is 0.106 e. The van der Waals surface area contributed by atoms with Crippen LogP contribution < -0.4 is 0 Å². The Morgan fingerprint density at radius 3 is 2.80 bits per heavy atom. The monoisotopic (exact) mass is 258 g/mol. The van der Waals surface area contributed by atoms with E-state index in [4.69, 9.17) is 0 Å². The fourth-order valence-corrected chi connectivity index (χ4v) is 1.75. The summed E-state index contributed by atoms with van der Waals surface area (Å²) in [6, 6.07) is 0.116. The normalized spacial score (nSPS) is 30.9. The molecule has 0 N–H and O–H groups in total.